The van der Waals surface area contributed by atoms with Crippen LogP contribution in [0.2, 0.25) is 0 Å². The molecule has 0 radical (unpaired) electrons. The number of rotatable bonds is 15. The molecule has 0 amide bonds. The van der Waals surface area contributed by atoms with Crippen molar-refractivity contribution in [3.63, 3.8) is 0 Å². The van der Waals surface area contributed by atoms with Gasteiger partial charge in [-0.2, -0.15) is 0 Å². The van der Waals surface area contributed by atoms with Gasteiger partial charge in [0.1, 0.15) is 0 Å². The molecule has 0 spiro atoms. The maximum absolute atomic E-state index is 12.7. The van der Waals surface area contributed by atoms with Crippen molar-refractivity contribution in [1.29, 1.82) is 0 Å². The molecule has 1 aromatic rings. The summed E-state index contributed by atoms with van der Waals surface area (Å²) in [4.78, 5) is 12.7. The summed E-state index contributed by atoms with van der Waals surface area (Å²) in [6, 6.07) is 4.20. The molecular weight excluding hydrogens is 355 g/mol. The van der Waals surface area contributed by atoms with Gasteiger partial charge in [0.2, 0.25) is 0 Å². The molecule has 1 aromatic heterocycles. The zero-order chi connectivity index (χ0) is 21.8. The monoisotopic (exact) mass is 400 g/mol. The summed E-state index contributed by atoms with van der Waals surface area (Å²) in [5.41, 5.74) is 2.49. The summed E-state index contributed by atoms with van der Waals surface area (Å²) in [5, 5.41) is 0. The fraction of sp³-hybridized carbons (Fsp3) is 0.769. The van der Waals surface area contributed by atoms with Crippen molar-refractivity contribution >= 4 is 12.9 Å². The molecule has 0 aliphatic rings. The molecule has 164 valence electrons. The van der Waals surface area contributed by atoms with Crippen molar-refractivity contribution in [2.24, 2.45) is 10.8 Å². The summed E-state index contributed by atoms with van der Waals surface area (Å²) in [6.45, 7) is 15.9. The van der Waals surface area contributed by atoms with Crippen molar-refractivity contribution in [3.8, 4) is 0 Å². The maximum atomic E-state index is 12.7. The number of unbranched alkanes of at least 4 members (excludes halogenated alkanes) is 3. The van der Waals surface area contributed by atoms with E-state index in [2.05, 4.69) is 59.6 Å². The minimum absolute atomic E-state index is 0.0478. The molecule has 1 rings (SSSR count). The summed E-state index contributed by atoms with van der Waals surface area (Å²) in [6.07, 6.45) is 12.8. The van der Waals surface area contributed by atoms with Crippen LogP contribution >= 0.6 is 0 Å². The summed E-state index contributed by atoms with van der Waals surface area (Å²) in [7, 11) is 0. The molecule has 2 unspecified atom stereocenters. The normalized spacial score (nSPS) is 15.4. The van der Waals surface area contributed by atoms with Crippen molar-refractivity contribution < 1.29 is 9.53 Å². The molecule has 0 aliphatic carbocycles. The summed E-state index contributed by atoms with van der Waals surface area (Å²) < 4.78 is 5.83. The standard InChI is InChI=1S/C26H45BO2/c1-7-11-13-18-25(5,17-12-8-2)20-23-22(15-14-19-27-23)21-29-24(28)26(6,10-4)16-9-3/h14-15,19H,7-13,16-18,20-21H2,1-6H3. The van der Waals surface area contributed by atoms with Crippen molar-refractivity contribution in [1.82, 2.24) is 0 Å². The van der Waals surface area contributed by atoms with Gasteiger partial charge in [-0.15, -0.1) is 0 Å². The molecule has 0 saturated heterocycles. The van der Waals surface area contributed by atoms with E-state index in [1.54, 1.807) is 0 Å². The van der Waals surface area contributed by atoms with Crippen molar-refractivity contribution in [2.45, 2.75) is 119 Å². The van der Waals surface area contributed by atoms with Crippen LogP contribution in [0.1, 0.15) is 117 Å². The van der Waals surface area contributed by atoms with Gasteiger partial charge >= 0.3 is 181 Å². The van der Waals surface area contributed by atoms with E-state index in [1.807, 2.05) is 6.92 Å². The molecule has 0 aromatic carbocycles. The SMILES string of the molecule is CCCCCC(C)(CCCC)Cc1bcccc1COC(=O)C(C)(CC)CCC. The average Bonchev–Trinajstić information content (AvgIpc) is 2.71. The van der Waals surface area contributed by atoms with Crippen LogP contribution in [-0.4, -0.2) is 12.9 Å². The van der Waals surface area contributed by atoms with Crippen LogP contribution in [-0.2, 0) is 22.6 Å². The third-order valence-corrected chi connectivity index (χ3v) is 6.69. The molecule has 0 bridgehead atoms. The first kappa shape index (κ1) is 25.9. The van der Waals surface area contributed by atoms with E-state index in [0.29, 0.717) is 12.0 Å². The predicted octanol–water partition coefficient (Wildman–Crippen LogP) is 7.60. The summed E-state index contributed by atoms with van der Waals surface area (Å²) >= 11 is 0. The Balaban J connectivity index is 2.89. The van der Waals surface area contributed by atoms with Gasteiger partial charge in [-0.25, -0.2) is 0 Å². The molecule has 0 aliphatic heterocycles. The second kappa shape index (κ2) is 13.2. The fourth-order valence-electron chi connectivity index (χ4n) is 4.33. The zero-order valence-corrected chi connectivity index (χ0v) is 20.1. The Labute approximate surface area is 181 Å². The van der Waals surface area contributed by atoms with E-state index < -0.39 is 0 Å². The van der Waals surface area contributed by atoms with Gasteiger partial charge in [-0.05, 0) is 0 Å². The quantitative estimate of drug-likeness (QED) is 0.224. The van der Waals surface area contributed by atoms with E-state index in [-0.39, 0.29) is 11.4 Å². The van der Waals surface area contributed by atoms with Crippen molar-refractivity contribution in [2.75, 3.05) is 0 Å². The Bertz CT molecular complexity index is 600. The first-order valence-electron chi connectivity index (χ1n) is 12.1. The Morgan fingerprint density at radius 1 is 0.966 bits per heavy atom. The van der Waals surface area contributed by atoms with Gasteiger partial charge in [-0.3, -0.25) is 0 Å². The van der Waals surface area contributed by atoms with Gasteiger partial charge in [-0.1, -0.05) is 0 Å². The van der Waals surface area contributed by atoms with Gasteiger partial charge in [0.15, 0.2) is 0 Å². The van der Waals surface area contributed by atoms with E-state index in [9.17, 15) is 4.79 Å². The molecule has 0 N–H and O–H groups in total. The van der Waals surface area contributed by atoms with Crippen LogP contribution < -0.4 is 0 Å². The Kier molecular flexibility index (Phi) is 11.8. The minimum atomic E-state index is -0.362. The Hall–Kier alpha value is -1.12. The fourth-order valence-corrected chi connectivity index (χ4v) is 4.33. The molecular formula is C26H45BO2. The Morgan fingerprint density at radius 3 is 2.28 bits per heavy atom. The van der Waals surface area contributed by atoms with Crippen LogP contribution in [0.15, 0.2) is 18.1 Å². The number of carbonyl (C=O) groups excluding carboxylic acids is 1. The van der Waals surface area contributed by atoms with Crippen molar-refractivity contribution in [3.05, 3.63) is 29.1 Å². The van der Waals surface area contributed by atoms with Gasteiger partial charge in [0.05, 0.1) is 0 Å². The van der Waals surface area contributed by atoms with Gasteiger partial charge < -0.3 is 0 Å². The van der Waals surface area contributed by atoms with Crippen LogP contribution in [0.4, 0.5) is 0 Å². The van der Waals surface area contributed by atoms with E-state index in [0.717, 1.165) is 25.7 Å². The molecule has 0 fully saturated rings. The van der Waals surface area contributed by atoms with Crippen LogP contribution in [0.3, 0.4) is 0 Å². The third-order valence-electron chi connectivity index (χ3n) is 6.69. The topological polar surface area (TPSA) is 26.3 Å². The molecule has 1 heterocycles. The van der Waals surface area contributed by atoms with E-state index in [1.165, 1.54) is 56.0 Å². The van der Waals surface area contributed by atoms with Crippen LogP contribution in [0.5, 0.6) is 0 Å². The van der Waals surface area contributed by atoms with Crippen LogP contribution in [0.25, 0.3) is 0 Å². The third kappa shape index (κ3) is 8.64. The molecule has 2 atom stereocenters. The zero-order valence-electron chi connectivity index (χ0n) is 20.1. The summed E-state index contributed by atoms with van der Waals surface area (Å²) in [5.74, 6) is 2.08. The van der Waals surface area contributed by atoms with Gasteiger partial charge in [0.25, 0.3) is 0 Å². The molecule has 0 saturated carbocycles. The number of esters is 1. The van der Waals surface area contributed by atoms with E-state index >= 15 is 0 Å². The molecule has 2 nitrogen and oxygen atoms in total. The molecule has 3 heteroatoms. The number of hydrogen-bond acceptors (Lipinski definition) is 2. The first-order valence-corrected chi connectivity index (χ1v) is 12.1. The second-order valence-electron chi connectivity index (χ2n) is 9.56. The average molecular weight is 400 g/mol. The second-order valence-corrected chi connectivity index (χ2v) is 9.56. The number of ether oxygens (including phenoxy) is 1. The first-order chi connectivity index (χ1) is 13.8. The predicted molar refractivity (Wildman–Crippen MR) is 126 cm³/mol. The van der Waals surface area contributed by atoms with E-state index in [4.69, 9.17) is 4.74 Å². The van der Waals surface area contributed by atoms with Gasteiger partial charge in [0, 0.05) is 0 Å². The van der Waals surface area contributed by atoms with Crippen LogP contribution in [0, 0.1) is 10.8 Å². The Morgan fingerprint density at radius 2 is 1.66 bits per heavy atom. The molecule has 29 heavy (non-hydrogen) atoms. The number of hydrogen-bond donors (Lipinski definition) is 0. The number of carbonyl (C=O) groups is 1.